The number of rotatable bonds is 3. The molecule has 2 unspecified atom stereocenters. The number of nitrogens with one attached hydrogen (secondary N) is 2. The number of carbonyl (C=O) groups is 1. The van der Waals surface area contributed by atoms with E-state index >= 15 is 0 Å². The number of anilines is 1. The van der Waals surface area contributed by atoms with Crippen LogP contribution in [0.25, 0.3) is 0 Å². The van der Waals surface area contributed by atoms with E-state index in [9.17, 15) is 4.79 Å². The molecule has 2 fully saturated rings. The number of carbonyl (C=O) groups excluding carboxylic acids is 1. The highest BCUT2D eigenvalue weighted by molar-refractivity contribution is 9.10. The van der Waals surface area contributed by atoms with Crippen molar-refractivity contribution < 1.29 is 4.79 Å². The molecule has 142 valence electrons. The lowest BCUT2D eigenvalue weighted by Gasteiger charge is -2.37. The van der Waals surface area contributed by atoms with Gasteiger partial charge in [0.25, 0.3) is 0 Å². The maximum absolute atomic E-state index is 12.9. The molecule has 5 nitrogen and oxygen atoms in total. The standard InChI is InChI=1S/C20H22BrClN4O/c21-15-7-5-14(6-8-15)17-13-18(24-23-17)20(27)26-11-9-25(10-12-26)19-4-2-1-3-16(19)22/h1-8,17-18,23-24H,9-13H2. The average Bonchev–Trinajstić information content (AvgIpc) is 3.19. The van der Waals surface area contributed by atoms with Crippen LogP contribution in [0.15, 0.2) is 53.0 Å². The van der Waals surface area contributed by atoms with Crippen LogP contribution >= 0.6 is 27.5 Å². The van der Waals surface area contributed by atoms with Gasteiger partial charge >= 0.3 is 0 Å². The first-order chi connectivity index (χ1) is 13.1. The van der Waals surface area contributed by atoms with Gasteiger partial charge in [-0.25, -0.2) is 10.9 Å². The Morgan fingerprint density at radius 1 is 1.00 bits per heavy atom. The molecule has 0 saturated carbocycles. The zero-order valence-corrected chi connectivity index (χ0v) is 17.2. The maximum atomic E-state index is 12.9. The highest BCUT2D eigenvalue weighted by Crippen LogP contribution is 2.27. The molecule has 2 N–H and O–H groups in total. The fourth-order valence-electron chi connectivity index (χ4n) is 3.73. The minimum atomic E-state index is -0.189. The number of piperazine rings is 1. The molecule has 0 aromatic heterocycles. The lowest BCUT2D eigenvalue weighted by atomic mass is 10.0. The van der Waals surface area contributed by atoms with Gasteiger partial charge in [-0.05, 0) is 36.2 Å². The van der Waals surface area contributed by atoms with Gasteiger partial charge in [-0.1, -0.05) is 51.8 Å². The van der Waals surface area contributed by atoms with Crippen LogP contribution in [-0.4, -0.2) is 43.0 Å². The molecule has 0 aliphatic carbocycles. The largest absolute Gasteiger partial charge is 0.367 e. The number of hydrogen-bond donors (Lipinski definition) is 2. The van der Waals surface area contributed by atoms with Gasteiger partial charge in [0.15, 0.2) is 0 Å². The number of hydrogen-bond acceptors (Lipinski definition) is 4. The van der Waals surface area contributed by atoms with Crippen LogP contribution in [0.2, 0.25) is 5.02 Å². The first-order valence-electron chi connectivity index (χ1n) is 9.16. The monoisotopic (exact) mass is 448 g/mol. The molecule has 0 bridgehead atoms. The van der Waals surface area contributed by atoms with E-state index in [4.69, 9.17) is 11.6 Å². The summed E-state index contributed by atoms with van der Waals surface area (Å²) < 4.78 is 1.06. The molecule has 2 aliphatic rings. The first kappa shape index (κ1) is 18.7. The smallest absolute Gasteiger partial charge is 0.241 e. The van der Waals surface area contributed by atoms with E-state index in [1.54, 1.807) is 0 Å². The number of halogens is 2. The van der Waals surface area contributed by atoms with Crippen molar-refractivity contribution in [1.82, 2.24) is 15.8 Å². The topological polar surface area (TPSA) is 47.6 Å². The molecule has 2 heterocycles. The van der Waals surface area contributed by atoms with Crippen LogP contribution in [0.5, 0.6) is 0 Å². The molecule has 0 radical (unpaired) electrons. The minimum Gasteiger partial charge on any atom is -0.367 e. The van der Waals surface area contributed by atoms with E-state index in [2.05, 4.69) is 43.8 Å². The Morgan fingerprint density at radius 3 is 2.41 bits per heavy atom. The predicted octanol–water partition coefficient (Wildman–Crippen LogP) is 3.36. The summed E-state index contributed by atoms with van der Waals surface area (Å²) in [6.45, 7) is 3.02. The van der Waals surface area contributed by atoms with Crippen molar-refractivity contribution in [3.8, 4) is 0 Å². The van der Waals surface area contributed by atoms with E-state index in [1.165, 1.54) is 5.56 Å². The fourth-order valence-corrected chi connectivity index (χ4v) is 4.25. The van der Waals surface area contributed by atoms with Crippen molar-refractivity contribution >= 4 is 39.1 Å². The van der Waals surface area contributed by atoms with Crippen LogP contribution in [-0.2, 0) is 4.79 Å². The van der Waals surface area contributed by atoms with E-state index in [0.29, 0.717) is 13.1 Å². The molecule has 4 rings (SSSR count). The number of para-hydroxylation sites is 1. The second-order valence-corrected chi connectivity index (χ2v) is 8.27. The van der Waals surface area contributed by atoms with E-state index in [0.717, 1.165) is 34.7 Å². The molecular formula is C20H22BrClN4O. The lowest BCUT2D eigenvalue weighted by molar-refractivity contribution is -0.133. The normalized spacial score (nSPS) is 22.9. The third-order valence-electron chi connectivity index (χ3n) is 5.26. The van der Waals surface area contributed by atoms with Gasteiger partial charge in [0, 0.05) is 36.7 Å². The van der Waals surface area contributed by atoms with Crippen LogP contribution in [0, 0.1) is 0 Å². The Kier molecular flexibility index (Phi) is 5.68. The van der Waals surface area contributed by atoms with Crippen LogP contribution in [0.4, 0.5) is 5.69 Å². The number of hydrazine groups is 1. The Labute approximate surface area is 172 Å². The third-order valence-corrected chi connectivity index (χ3v) is 6.11. The van der Waals surface area contributed by atoms with E-state index in [-0.39, 0.29) is 18.0 Å². The van der Waals surface area contributed by atoms with Crippen molar-refractivity contribution in [3.05, 3.63) is 63.6 Å². The highest BCUT2D eigenvalue weighted by atomic mass is 79.9. The zero-order chi connectivity index (χ0) is 18.8. The quantitative estimate of drug-likeness (QED) is 0.754. The minimum absolute atomic E-state index is 0.150. The molecule has 1 amide bonds. The van der Waals surface area contributed by atoms with E-state index < -0.39 is 0 Å². The Hall–Kier alpha value is -1.60. The summed E-state index contributed by atoms with van der Waals surface area (Å²) in [5, 5.41) is 0.760. The summed E-state index contributed by atoms with van der Waals surface area (Å²) in [5.74, 6) is 0.168. The van der Waals surface area contributed by atoms with Gasteiger partial charge in [-0.2, -0.15) is 0 Å². The van der Waals surface area contributed by atoms with Gasteiger partial charge in [-0.15, -0.1) is 0 Å². The number of amides is 1. The summed E-state index contributed by atoms with van der Waals surface area (Å²) in [6.07, 6.45) is 0.755. The summed E-state index contributed by atoms with van der Waals surface area (Å²) in [6, 6.07) is 16.1. The second-order valence-electron chi connectivity index (χ2n) is 6.94. The van der Waals surface area contributed by atoms with Crippen molar-refractivity contribution in [2.45, 2.75) is 18.5 Å². The van der Waals surface area contributed by atoms with Gasteiger partial charge < -0.3 is 9.80 Å². The molecule has 0 spiro atoms. The fraction of sp³-hybridized carbons (Fsp3) is 0.350. The number of nitrogens with zero attached hydrogens (tertiary/aromatic N) is 2. The van der Waals surface area contributed by atoms with Crippen molar-refractivity contribution in [3.63, 3.8) is 0 Å². The van der Waals surface area contributed by atoms with Crippen LogP contribution in [0.3, 0.4) is 0 Å². The summed E-state index contributed by atoms with van der Waals surface area (Å²) in [4.78, 5) is 17.1. The molecular weight excluding hydrogens is 428 g/mol. The Balaban J connectivity index is 1.33. The van der Waals surface area contributed by atoms with Gasteiger partial charge in [-0.3, -0.25) is 4.79 Å². The third kappa shape index (κ3) is 4.14. The van der Waals surface area contributed by atoms with Crippen LogP contribution in [0.1, 0.15) is 18.0 Å². The summed E-state index contributed by atoms with van der Waals surface area (Å²) in [7, 11) is 0. The molecule has 2 aromatic rings. The highest BCUT2D eigenvalue weighted by Gasteiger charge is 2.34. The SMILES string of the molecule is O=C(C1CC(c2ccc(Br)cc2)NN1)N1CCN(c2ccccc2Cl)CC1. The molecule has 7 heteroatoms. The second kappa shape index (κ2) is 8.19. The van der Waals surface area contributed by atoms with E-state index in [1.807, 2.05) is 41.3 Å². The maximum Gasteiger partial charge on any atom is 0.241 e. The molecule has 2 atom stereocenters. The van der Waals surface area contributed by atoms with Crippen molar-refractivity contribution in [1.29, 1.82) is 0 Å². The molecule has 2 aromatic carbocycles. The molecule has 2 aliphatic heterocycles. The predicted molar refractivity (Wildman–Crippen MR) is 112 cm³/mol. The molecule has 27 heavy (non-hydrogen) atoms. The first-order valence-corrected chi connectivity index (χ1v) is 10.3. The lowest BCUT2D eigenvalue weighted by Crippen LogP contribution is -2.53. The van der Waals surface area contributed by atoms with Gasteiger partial charge in [0.2, 0.25) is 5.91 Å². The summed E-state index contributed by atoms with van der Waals surface area (Å²) in [5.41, 5.74) is 8.67. The van der Waals surface area contributed by atoms with Gasteiger partial charge in [0.05, 0.1) is 10.7 Å². The Bertz CT molecular complexity index is 808. The zero-order valence-electron chi connectivity index (χ0n) is 14.9. The van der Waals surface area contributed by atoms with Crippen LogP contribution < -0.4 is 15.8 Å². The number of benzene rings is 2. The van der Waals surface area contributed by atoms with Gasteiger partial charge in [0.1, 0.15) is 6.04 Å². The Morgan fingerprint density at radius 2 is 1.70 bits per heavy atom. The summed E-state index contributed by atoms with van der Waals surface area (Å²) >= 11 is 9.76. The van der Waals surface area contributed by atoms with Crippen molar-refractivity contribution in [2.24, 2.45) is 0 Å². The molecule has 2 saturated heterocycles. The average molecular weight is 450 g/mol. The van der Waals surface area contributed by atoms with Crippen molar-refractivity contribution in [2.75, 3.05) is 31.1 Å².